The zero-order valence-electron chi connectivity index (χ0n) is 7.58. The van der Waals surface area contributed by atoms with Crippen LogP contribution in [0.25, 0.3) is 0 Å². The molecular formula is C9H14N2S2. The van der Waals surface area contributed by atoms with Crippen molar-refractivity contribution in [1.82, 2.24) is 10.9 Å². The Morgan fingerprint density at radius 1 is 1.62 bits per heavy atom. The van der Waals surface area contributed by atoms with Gasteiger partial charge in [-0.3, -0.25) is 0 Å². The minimum Gasteiger partial charge on any atom is -0.306 e. The molecule has 0 heterocycles. The summed E-state index contributed by atoms with van der Waals surface area (Å²) in [6.07, 6.45) is 10.4. The van der Waals surface area contributed by atoms with Gasteiger partial charge in [-0.15, -0.1) is 12.6 Å². The van der Waals surface area contributed by atoms with Crippen molar-refractivity contribution in [3.8, 4) is 0 Å². The summed E-state index contributed by atoms with van der Waals surface area (Å²) in [6, 6.07) is 0. The Hall–Kier alpha value is -0.320. The van der Waals surface area contributed by atoms with Gasteiger partial charge < -0.3 is 5.43 Å². The number of hydrogen-bond acceptors (Lipinski definition) is 2. The molecule has 1 aliphatic carbocycles. The highest BCUT2D eigenvalue weighted by atomic mass is 32.1. The van der Waals surface area contributed by atoms with Crippen LogP contribution in [0.1, 0.15) is 19.8 Å². The van der Waals surface area contributed by atoms with E-state index < -0.39 is 0 Å². The van der Waals surface area contributed by atoms with Crippen molar-refractivity contribution in [2.24, 2.45) is 0 Å². The van der Waals surface area contributed by atoms with E-state index in [-0.39, 0.29) is 5.54 Å². The molecule has 4 heteroatoms. The van der Waals surface area contributed by atoms with Gasteiger partial charge >= 0.3 is 0 Å². The highest BCUT2D eigenvalue weighted by Gasteiger charge is 2.24. The summed E-state index contributed by atoms with van der Waals surface area (Å²) in [5.74, 6) is 0. The van der Waals surface area contributed by atoms with E-state index in [1.165, 1.54) is 0 Å². The van der Waals surface area contributed by atoms with Crippen LogP contribution in [-0.4, -0.2) is 9.86 Å². The topological polar surface area (TPSA) is 24.1 Å². The molecule has 1 atom stereocenters. The molecule has 0 aromatic carbocycles. The Balaban J connectivity index is 2.55. The number of hydrogen-bond donors (Lipinski definition) is 3. The third-order valence-corrected chi connectivity index (χ3v) is 2.41. The fourth-order valence-corrected chi connectivity index (χ4v) is 1.39. The van der Waals surface area contributed by atoms with Gasteiger partial charge in [-0.1, -0.05) is 43.4 Å². The first-order chi connectivity index (χ1) is 6.18. The van der Waals surface area contributed by atoms with Crippen LogP contribution >= 0.6 is 24.8 Å². The highest BCUT2D eigenvalue weighted by Crippen LogP contribution is 2.20. The van der Waals surface area contributed by atoms with Gasteiger partial charge in [0.05, 0.1) is 5.54 Å². The second kappa shape index (κ2) is 4.79. The summed E-state index contributed by atoms with van der Waals surface area (Å²) in [6.45, 7) is 2.14. The Kier molecular flexibility index (Phi) is 3.96. The molecule has 0 aromatic heterocycles. The quantitative estimate of drug-likeness (QED) is 0.380. The number of allylic oxidation sites excluding steroid dienone is 2. The molecule has 0 aromatic rings. The smallest absolute Gasteiger partial charge is 0.144 e. The van der Waals surface area contributed by atoms with Crippen molar-refractivity contribution in [1.29, 1.82) is 0 Å². The summed E-state index contributed by atoms with van der Waals surface area (Å²) >= 11 is 8.80. The number of nitrogens with one attached hydrogen (secondary N) is 2. The Morgan fingerprint density at radius 2 is 2.38 bits per heavy atom. The van der Waals surface area contributed by atoms with Crippen molar-refractivity contribution in [3.63, 3.8) is 0 Å². The first kappa shape index (κ1) is 10.8. The maximum Gasteiger partial charge on any atom is 0.144 e. The fourth-order valence-electron chi connectivity index (χ4n) is 1.29. The summed E-state index contributed by atoms with van der Waals surface area (Å²) in [7, 11) is 0. The first-order valence-electron chi connectivity index (χ1n) is 4.29. The lowest BCUT2D eigenvalue weighted by molar-refractivity contribution is 0.372. The summed E-state index contributed by atoms with van der Waals surface area (Å²) in [5, 5.41) is 0. The van der Waals surface area contributed by atoms with Crippen molar-refractivity contribution < 1.29 is 0 Å². The summed E-state index contributed by atoms with van der Waals surface area (Å²) < 4.78 is 0.468. The Labute approximate surface area is 89.9 Å². The molecular weight excluding hydrogens is 200 g/mol. The third kappa shape index (κ3) is 3.14. The van der Waals surface area contributed by atoms with Crippen molar-refractivity contribution >= 4 is 29.2 Å². The van der Waals surface area contributed by atoms with E-state index in [9.17, 15) is 0 Å². The molecule has 0 aliphatic heterocycles. The van der Waals surface area contributed by atoms with Crippen LogP contribution in [0.5, 0.6) is 0 Å². The number of thiocarbonyl (C=S) groups is 1. The molecule has 0 radical (unpaired) electrons. The molecule has 2 nitrogen and oxygen atoms in total. The molecule has 13 heavy (non-hydrogen) atoms. The molecule has 0 amide bonds. The van der Waals surface area contributed by atoms with Crippen LogP contribution < -0.4 is 10.9 Å². The van der Waals surface area contributed by atoms with Crippen LogP contribution in [0.4, 0.5) is 0 Å². The van der Waals surface area contributed by atoms with Crippen LogP contribution in [0, 0.1) is 0 Å². The van der Waals surface area contributed by atoms with Gasteiger partial charge in [0.25, 0.3) is 0 Å². The van der Waals surface area contributed by atoms with E-state index in [0.717, 1.165) is 12.8 Å². The molecule has 0 spiro atoms. The molecule has 2 N–H and O–H groups in total. The zero-order valence-corrected chi connectivity index (χ0v) is 9.29. The van der Waals surface area contributed by atoms with Gasteiger partial charge in [0.1, 0.15) is 4.32 Å². The molecule has 1 rings (SSSR count). The number of rotatable bonds is 3. The normalized spacial score (nSPS) is 26.0. The van der Waals surface area contributed by atoms with Crippen LogP contribution in [-0.2, 0) is 0 Å². The molecule has 0 fully saturated rings. The van der Waals surface area contributed by atoms with Gasteiger partial charge in [-0.05, 0) is 12.8 Å². The van der Waals surface area contributed by atoms with Crippen molar-refractivity contribution in [2.45, 2.75) is 25.3 Å². The average Bonchev–Trinajstić information content (AvgIpc) is 2.16. The monoisotopic (exact) mass is 214 g/mol. The average molecular weight is 214 g/mol. The molecule has 0 saturated carbocycles. The minimum atomic E-state index is -0.0124. The van der Waals surface area contributed by atoms with Gasteiger partial charge in [0.2, 0.25) is 0 Å². The van der Waals surface area contributed by atoms with Crippen molar-refractivity contribution in [2.75, 3.05) is 0 Å². The SMILES string of the molecule is CCC1(NNC(=S)S)C=CC=CC1. The predicted octanol–water partition coefficient (Wildman–Crippen LogP) is 1.96. The van der Waals surface area contributed by atoms with E-state index in [1.807, 2.05) is 6.08 Å². The van der Waals surface area contributed by atoms with Gasteiger partial charge in [0.15, 0.2) is 0 Å². The van der Waals surface area contributed by atoms with Gasteiger partial charge in [0, 0.05) is 0 Å². The lowest BCUT2D eigenvalue weighted by Crippen LogP contribution is -2.51. The van der Waals surface area contributed by atoms with Crippen LogP contribution in [0.2, 0.25) is 0 Å². The van der Waals surface area contributed by atoms with E-state index in [4.69, 9.17) is 12.2 Å². The fraction of sp³-hybridized carbons (Fsp3) is 0.444. The van der Waals surface area contributed by atoms with E-state index >= 15 is 0 Å². The van der Waals surface area contributed by atoms with Gasteiger partial charge in [-0.2, -0.15) is 0 Å². The molecule has 1 aliphatic rings. The molecule has 0 bridgehead atoms. The first-order valence-corrected chi connectivity index (χ1v) is 5.14. The highest BCUT2D eigenvalue weighted by molar-refractivity contribution is 8.11. The van der Waals surface area contributed by atoms with Crippen LogP contribution in [0.3, 0.4) is 0 Å². The van der Waals surface area contributed by atoms with Gasteiger partial charge in [-0.25, -0.2) is 5.43 Å². The third-order valence-electron chi connectivity index (χ3n) is 2.19. The maximum absolute atomic E-state index is 4.81. The largest absolute Gasteiger partial charge is 0.306 e. The summed E-state index contributed by atoms with van der Waals surface area (Å²) in [4.78, 5) is 0. The second-order valence-electron chi connectivity index (χ2n) is 3.06. The standard InChI is InChI=1S/C9H14N2S2/c1-2-9(11-10-8(12)13)6-4-3-5-7-9/h3-6,11H,2,7H2,1H3,(H2,10,12,13). The lowest BCUT2D eigenvalue weighted by Gasteiger charge is -2.31. The Morgan fingerprint density at radius 3 is 2.85 bits per heavy atom. The summed E-state index contributed by atoms with van der Waals surface area (Å²) in [5.41, 5.74) is 6.03. The number of thiol groups is 1. The predicted molar refractivity (Wildman–Crippen MR) is 63.8 cm³/mol. The lowest BCUT2D eigenvalue weighted by atomic mass is 9.89. The molecule has 1 unspecified atom stereocenters. The zero-order chi connectivity index (χ0) is 9.73. The number of hydrazine groups is 1. The molecule has 0 saturated heterocycles. The van der Waals surface area contributed by atoms with Crippen LogP contribution in [0.15, 0.2) is 24.3 Å². The maximum atomic E-state index is 4.81. The second-order valence-corrected chi connectivity index (χ2v) is 4.21. The van der Waals surface area contributed by atoms with E-state index in [0.29, 0.717) is 4.32 Å². The van der Waals surface area contributed by atoms with Crippen molar-refractivity contribution in [3.05, 3.63) is 24.3 Å². The Bertz CT molecular complexity index is 248. The van der Waals surface area contributed by atoms with E-state index in [1.54, 1.807) is 0 Å². The van der Waals surface area contributed by atoms with E-state index in [2.05, 4.69) is 48.6 Å². The molecule has 72 valence electrons. The minimum absolute atomic E-state index is 0.0124.